The lowest BCUT2D eigenvalue weighted by atomic mass is 9.93. The van der Waals surface area contributed by atoms with Crippen LogP contribution in [0.3, 0.4) is 0 Å². The Morgan fingerprint density at radius 3 is 2.39 bits per heavy atom. The van der Waals surface area contributed by atoms with E-state index in [0.29, 0.717) is 5.56 Å². The summed E-state index contributed by atoms with van der Waals surface area (Å²) in [4.78, 5) is 23.5. The zero-order valence-corrected chi connectivity index (χ0v) is 10.5. The number of benzene rings is 1. The van der Waals surface area contributed by atoms with E-state index in [4.69, 9.17) is 0 Å². The molecule has 2 rings (SSSR count). The highest BCUT2D eigenvalue weighted by Gasteiger charge is 2.18. The summed E-state index contributed by atoms with van der Waals surface area (Å²) in [5.41, 5.74) is 2.21. The third-order valence-electron chi connectivity index (χ3n) is 3.19. The maximum absolute atomic E-state index is 12.0. The first kappa shape index (κ1) is 12.6. The van der Waals surface area contributed by atoms with Crippen molar-refractivity contribution in [2.45, 2.75) is 32.6 Å². The van der Waals surface area contributed by atoms with Crippen LogP contribution in [0.4, 0.5) is 0 Å². The lowest BCUT2D eigenvalue weighted by Gasteiger charge is -2.19. The van der Waals surface area contributed by atoms with Gasteiger partial charge in [0.1, 0.15) is 0 Å². The molecule has 0 aromatic heterocycles. The second-order valence-electron chi connectivity index (χ2n) is 4.54. The zero-order chi connectivity index (χ0) is 13.0. The molecule has 0 atom stereocenters. The Morgan fingerprint density at radius 1 is 1.06 bits per heavy atom. The van der Waals surface area contributed by atoms with Gasteiger partial charge in [0, 0.05) is 16.8 Å². The van der Waals surface area contributed by atoms with E-state index in [9.17, 15) is 9.59 Å². The summed E-state index contributed by atoms with van der Waals surface area (Å²) < 4.78 is 0. The first-order chi connectivity index (χ1) is 8.68. The van der Waals surface area contributed by atoms with E-state index in [1.165, 1.54) is 0 Å². The highest BCUT2D eigenvalue weighted by molar-refractivity contribution is 5.98. The second-order valence-corrected chi connectivity index (χ2v) is 4.54. The molecule has 1 N–H and O–H groups in total. The predicted molar refractivity (Wildman–Crippen MR) is 70.1 cm³/mol. The van der Waals surface area contributed by atoms with E-state index in [1.54, 1.807) is 19.1 Å². The number of carbonyl (C=O) groups is 2. The third kappa shape index (κ3) is 2.86. The fourth-order valence-electron chi connectivity index (χ4n) is 2.23. The van der Waals surface area contributed by atoms with Crippen LogP contribution in [0.15, 0.2) is 41.6 Å². The SMILES string of the molecule is CC(=O)C1=C(NC(=O)c2ccccc2)CCCC1. The maximum atomic E-state index is 12.0. The van der Waals surface area contributed by atoms with Crippen LogP contribution < -0.4 is 5.32 Å². The molecular weight excluding hydrogens is 226 g/mol. The highest BCUT2D eigenvalue weighted by Crippen LogP contribution is 2.23. The smallest absolute Gasteiger partial charge is 0.255 e. The normalized spacial score (nSPS) is 15.4. The number of carbonyl (C=O) groups excluding carboxylic acids is 2. The Hall–Kier alpha value is -1.90. The lowest BCUT2D eigenvalue weighted by molar-refractivity contribution is -0.113. The molecule has 0 saturated heterocycles. The molecule has 1 amide bonds. The number of nitrogens with one attached hydrogen (secondary N) is 1. The lowest BCUT2D eigenvalue weighted by Crippen LogP contribution is -2.26. The van der Waals surface area contributed by atoms with Gasteiger partial charge in [-0.3, -0.25) is 9.59 Å². The molecule has 0 heterocycles. The Kier molecular flexibility index (Phi) is 3.92. The molecule has 0 spiro atoms. The van der Waals surface area contributed by atoms with Crippen molar-refractivity contribution in [3.8, 4) is 0 Å². The topological polar surface area (TPSA) is 46.2 Å². The molecule has 94 valence electrons. The number of rotatable bonds is 3. The number of allylic oxidation sites excluding steroid dienone is 2. The molecule has 0 bridgehead atoms. The molecule has 1 aromatic rings. The minimum atomic E-state index is -0.133. The van der Waals surface area contributed by atoms with Gasteiger partial charge in [0.15, 0.2) is 5.78 Å². The van der Waals surface area contributed by atoms with Crippen molar-refractivity contribution in [1.29, 1.82) is 0 Å². The molecule has 1 aromatic carbocycles. The van der Waals surface area contributed by atoms with Crippen LogP contribution in [0, 0.1) is 0 Å². The molecule has 1 aliphatic rings. The van der Waals surface area contributed by atoms with Crippen molar-refractivity contribution in [3.05, 3.63) is 47.2 Å². The molecule has 0 unspecified atom stereocenters. The number of Topliss-reactive ketones (excluding diaryl/α,β-unsaturated/α-hetero) is 1. The van der Waals surface area contributed by atoms with Crippen molar-refractivity contribution < 1.29 is 9.59 Å². The van der Waals surface area contributed by atoms with Crippen LogP contribution in [-0.4, -0.2) is 11.7 Å². The fraction of sp³-hybridized carbons (Fsp3) is 0.333. The van der Waals surface area contributed by atoms with Crippen LogP contribution in [-0.2, 0) is 4.79 Å². The first-order valence-electron chi connectivity index (χ1n) is 6.28. The molecule has 18 heavy (non-hydrogen) atoms. The van der Waals surface area contributed by atoms with Crippen molar-refractivity contribution >= 4 is 11.7 Å². The monoisotopic (exact) mass is 243 g/mol. The Bertz CT molecular complexity index is 488. The summed E-state index contributed by atoms with van der Waals surface area (Å²) in [6, 6.07) is 9.07. The summed E-state index contributed by atoms with van der Waals surface area (Å²) in [5, 5.41) is 2.89. The number of hydrogen-bond donors (Lipinski definition) is 1. The third-order valence-corrected chi connectivity index (χ3v) is 3.19. The minimum Gasteiger partial charge on any atom is -0.325 e. The van der Waals surface area contributed by atoms with Crippen LogP contribution in [0.5, 0.6) is 0 Å². The molecule has 0 saturated carbocycles. The Balaban J connectivity index is 2.17. The van der Waals surface area contributed by atoms with Gasteiger partial charge in [0.25, 0.3) is 5.91 Å². The van der Waals surface area contributed by atoms with E-state index in [0.717, 1.165) is 37.0 Å². The van der Waals surface area contributed by atoms with Gasteiger partial charge in [-0.05, 0) is 44.7 Å². The average Bonchev–Trinajstić information content (AvgIpc) is 2.40. The van der Waals surface area contributed by atoms with Crippen molar-refractivity contribution in [3.63, 3.8) is 0 Å². The largest absolute Gasteiger partial charge is 0.325 e. The molecule has 0 fully saturated rings. The quantitative estimate of drug-likeness (QED) is 0.887. The maximum Gasteiger partial charge on any atom is 0.255 e. The van der Waals surface area contributed by atoms with E-state index >= 15 is 0 Å². The number of hydrogen-bond acceptors (Lipinski definition) is 2. The first-order valence-corrected chi connectivity index (χ1v) is 6.28. The van der Waals surface area contributed by atoms with E-state index in [1.807, 2.05) is 18.2 Å². The molecule has 3 heteroatoms. The zero-order valence-electron chi connectivity index (χ0n) is 10.5. The van der Waals surface area contributed by atoms with Crippen LogP contribution in [0.1, 0.15) is 43.0 Å². The Labute approximate surface area is 107 Å². The van der Waals surface area contributed by atoms with E-state index in [2.05, 4.69) is 5.32 Å². The van der Waals surface area contributed by atoms with E-state index in [-0.39, 0.29) is 11.7 Å². The van der Waals surface area contributed by atoms with Crippen LogP contribution in [0.2, 0.25) is 0 Å². The second kappa shape index (κ2) is 5.63. The average molecular weight is 243 g/mol. The van der Waals surface area contributed by atoms with Gasteiger partial charge >= 0.3 is 0 Å². The van der Waals surface area contributed by atoms with Crippen molar-refractivity contribution in [2.24, 2.45) is 0 Å². The summed E-state index contributed by atoms with van der Waals surface area (Å²) in [5.74, 6) is -0.0655. The Morgan fingerprint density at radius 2 is 1.72 bits per heavy atom. The van der Waals surface area contributed by atoms with Gasteiger partial charge in [-0.15, -0.1) is 0 Å². The van der Waals surface area contributed by atoms with Crippen LogP contribution in [0.25, 0.3) is 0 Å². The van der Waals surface area contributed by atoms with Crippen LogP contribution >= 0.6 is 0 Å². The molecule has 0 aliphatic heterocycles. The summed E-state index contributed by atoms with van der Waals surface area (Å²) >= 11 is 0. The van der Waals surface area contributed by atoms with Crippen molar-refractivity contribution in [2.75, 3.05) is 0 Å². The fourth-order valence-corrected chi connectivity index (χ4v) is 2.23. The van der Waals surface area contributed by atoms with Gasteiger partial charge in [0.05, 0.1) is 0 Å². The molecule has 0 radical (unpaired) electrons. The van der Waals surface area contributed by atoms with Gasteiger partial charge in [-0.25, -0.2) is 0 Å². The predicted octanol–water partition coefficient (Wildman–Crippen LogP) is 2.83. The molecule has 3 nitrogen and oxygen atoms in total. The van der Waals surface area contributed by atoms with Gasteiger partial charge in [-0.1, -0.05) is 18.2 Å². The standard InChI is InChI=1S/C15H17NO2/c1-11(17)13-9-5-6-10-14(13)16-15(18)12-7-3-2-4-8-12/h2-4,7-8H,5-6,9-10H2,1H3,(H,16,18). The van der Waals surface area contributed by atoms with Gasteiger partial charge in [-0.2, -0.15) is 0 Å². The van der Waals surface area contributed by atoms with Crippen molar-refractivity contribution in [1.82, 2.24) is 5.32 Å². The number of ketones is 1. The molecular formula is C15H17NO2. The molecule has 1 aliphatic carbocycles. The van der Waals surface area contributed by atoms with Gasteiger partial charge < -0.3 is 5.32 Å². The minimum absolute atomic E-state index is 0.0676. The summed E-state index contributed by atoms with van der Waals surface area (Å²) in [6.45, 7) is 1.56. The van der Waals surface area contributed by atoms with Gasteiger partial charge in [0.2, 0.25) is 0 Å². The highest BCUT2D eigenvalue weighted by atomic mass is 16.1. The number of amides is 1. The summed E-state index contributed by atoms with van der Waals surface area (Å²) in [7, 11) is 0. The summed E-state index contributed by atoms with van der Waals surface area (Å²) in [6.07, 6.45) is 3.62. The van der Waals surface area contributed by atoms with E-state index < -0.39 is 0 Å².